The number of rotatable bonds is 6. The molecule has 1 saturated carbocycles. The normalized spacial score (nSPS) is 20.2. The predicted octanol–water partition coefficient (Wildman–Crippen LogP) is 4.13. The van der Waals surface area contributed by atoms with Crippen LogP contribution in [0.5, 0.6) is 5.75 Å². The standard InChI is InChI=1S/C22H23N3O3S/c1-14-7-3-4-8-16(14)24-22-25(15-11-12-15)21(27)19(29-22)13-20(26)23-17-9-5-6-10-18(17)28-2/h3-10,15,19H,11-13H2,1-2H3,(H,23,26)/t19-/m1/s1. The first-order chi connectivity index (χ1) is 14.1. The molecule has 7 heteroatoms. The third kappa shape index (κ3) is 4.29. The van der Waals surface area contributed by atoms with E-state index in [0.717, 1.165) is 24.1 Å². The molecule has 0 radical (unpaired) electrons. The van der Waals surface area contributed by atoms with Crippen LogP contribution in [-0.2, 0) is 9.59 Å². The van der Waals surface area contributed by atoms with Gasteiger partial charge < -0.3 is 10.1 Å². The molecule has 2 aromatic carbocycles. The van der Waals surface area contributed by atoms with Crippen molar-refractivity contribution in [1.82, 2.24) is 4.90 Å². The minimum absolute atomic E-state index is 0.0278. The molecule has 0 aromatic heterocycles. The average molecular weight is 410 g/mol. The van der Waals surface area contributed by atoms with E-state index in [0.29, 0.717) is 16.6 Å². The molecule has 2 aliphatic rings. The number of thioether (sulfide) groups is 1. The summed E-state index contributed by atoms with van der Waals surface area (Å²) in [6.07, 6.45) is 2.07. The monoisotopic (exact) mass is 409 g/mol. The van der Waals surface area contributed by atoms with Gasteiger partial charge in [0.15, 0.2) is 5.17 Å². The van der Waals surface area contributed by atoms with Crippen LogP contribution in [0.25, 0.3) is 0 Å². The van der Waals surface area contributed by atoms with Gasteiger partial charge in [0.25, 0.3) is 0 Å². The Hall–Kier alpha value is -2.80. The zero-order valence-electron chi connectivity index (χ0n) is 16.4. The highest BCUT2D eigenvalue weighted by Crippen LogP contribution is 2.40. The summed E-state index contributed by atoms with van der Waals surface area (Å²) in [6, 6.07) is 15.3. The molecule has 0 bridgehead atoms. The van der Waals surface area contributed by atoms with E-state index in [2.05, 4.69) is 5.32 Å². The number of anilines is 1. The largest absolute Gasteiger partial charge is 0.495 e. The number of carbonyl (C=O) groups is 2. The summed E-state index contributed by atoms with van der Waals surface area (Å²) in [5, 5.41) is 3.09. The number of hydrogen-bond donors (Lipinski definition) is 1. The van der Waals surface area contributed by atoms with Crippen molar-refractivity contribution < 1.29 is 14.3 Å². The molecule has 1 atom stereocenters. The van der Waals surface area contributed by atoms with Gasteiger partial charge in [-0.15, -0.1) is 0 Å². The van der Waals surface area contributed by atoms with E-state index in [-0.39, 0.29) is 24.3 Å². The van der Waals surface area contributed by atoms with E-state index in [1.54, 1.807) is 24.1 Å². The lowest BCUT2D eigenvalue weighted by molar-refractivity contribution is -0.128. The maximum atomic E-state index is 13.0. The lowest BCUT2D eigenvalue weighted by Crippen LogP contribution is -2.35. The molecule has 1 aliphatic carbocycles. The Labute approximate surface area is 174 Å². The third-order valence-electron chi connectivity index (χ3n) is 4.96. The van der Waals surface area contributed by atoms with E-state index in [1.807, 2.05) is 43.3 Å². The number of para-hydroxylation sites is 3. The van der Waals surface area contributed by atoms with Crippen molar-refractivity contribution in [3.63, 3.8) is 0 Å². The number of carbonyl (C=O) groups excluding carboxylic acids is 2. The Bertz CT molecular complexity index is 971. The van der Waals surface area contributed by atoms with Crippen LogP contribution in [0, 0.1) is 6.92 Å². The first-order valence-electron chi connectivity index (χ1n) is 9.63. The molecule has 2 amide bonds. The molecule has 2 fully saturated rings. The third-order valence-corrected chi connectivity index (χ3v) is 6.11. The van der Waals surface area contributed by atoms with Gasteiger partial charge in [0.2, 0.25) is 11.8 Å². The summed E-state index contributed by atoms with van der Waals surface area (Å²) in [7, 11) is 1.56. The Morgan fingerprint density at radius 2 is 1.93 bits per heavy atom. The maximum absolute atomic E-state index is 13.0. The summed E-state index contributed by atoms with van der Waals surface area (Å²) >= 11 is 1.38. The average Bonchev–Trinajstić information content (AvgIpc) is 3.50. The zero-order valence-corrected chi connectivity index (χ0v) is 17.2. The number of hydrogen-bond acceptors (Lipinski definition) is 5. The molecule has 150 valence electrons. The molecule has 29 heavy (non-hydrogen) atoms. The van der Waals surface area contributed by atoms with Gasteiger partial charge in [-0.2, -0.15) is 0 Å². The van der Waals surface area contributed by atoms with Crippen LogP contribution >= 0.6 is 11.8 Å². The lowest BCUT2D eigenvalue weighted by Gasteiger charge is -2.15. The maximum Gasteiger partial charge on any atom is 0.242 e. The number of nitrogens with zero attached hydrogens (tertiary/aromatic N) is 2. The highest BCUT2D eigenvalue weighted by molar-refractivity contribution is 8.15. The van der Waals surface area contributed by atoms with Crippen LogP contribution in [0.4, 0.5) is 11.4 Å². The van der Waals surface area contributed by atoms with Crippen LogP contribution in [0.15, 0.2) is 53.5 Å². The predicted molar refractivity (Wildman–Crippen MR) is 116 cm³/mol. The number of nitrogens with one attached hydrogen (secondary N) is 1. The van der Waals surface area contributed by atoms with Gasteiger partial charge in [0.05, 0.1) is 18.5 Å². The van der Waals surface area contributed by atoms with Crippen LogP contribution in [0.3, 0.4) is 0 Å². The summed E-state index contributed by atoms with van der Waals surface area (Å²) < 4.78 is 5.27. The fraction of sp³-hybridized carbons (Fsp3) is 0.318. The highest BCUT2D eigenvalue weighted by atomic mass is 32.2. The van der Waals surface area contributed by atoms with Crippen molar-refractivity contribution in [2.75, 3.05) is 12.4 Å². The number of methoxy groups -OCH3 is 1. The number of benzene rings is 2. The van der Waals surface area contributed by atoms with Crippen LogP contribution in [0.2, 0.25) is 0 Å². The van der Waals surface area contributed by atoms with Crippen molar-refractivity contribution in [3.8, 4) is 5.75 Å². The zero-order chi connectivity index (χ0) is 20.4. The molecule has 2 aromatic rings. The van der Waals surface area contributed by atoms with Crippen LogP contribution < -0.4 is 10.1 Å². The van der Waals surface area contributed by atoms with Gasteiger partial charge in [-0.1, -0.05) is 42.1 Å². The Morgan fingerprint density at radius 1 is 1.21 bits per heavy atom. The van der Waals surface area contributed by atoms with Gasteiger partial charge in [0, 0.05) is 12.5 Å². The van der Waals surface area contributed by atoms with E-state index in [9.17, 15) is 9.59 Å². The first kappa shape index (κ1) is 19.5. The second-order valence-corrected chi connectivity index (χ2v) is 8.35. The van der Waals surface area contributed by atoms with E-state index >= 15 is 0 Å². The van der Waals surface area contributed by atoms with Gasteiger partial charge in [-0.05, 0) is 43.5 Å². The number of amidine groups is 1. The lowest BCUT2D eigenvalue weighted by atomic mass is 10.2. The second-order valence-electron chi connectivity index (χ2n) is 7.18. The first-order valence-corrected chi connectivity index (χ1v) is 10.5. The Balaban J connectivity index is 1.50. The number of ether oxygens (including phenoxy) is 1. The minimum Gasteiger partial charge on any atom is -0.495 e. The van der Waals surface area contributed by atoms with Crippen molar-refractivity contribution in [1.29, 1.82) is 0 Å². The Morgan fingerprint density at radius 3 is 2.66 bits per heavy atom. The van der Waals surface area contributed by atoms with Crippen LogP contribution in [-0.4, -0.2) is 40.3 Å². The van der Waals surface area contributed by atoms with Gasteiger partial charge >= 0.3 is 0 Å². The topological polar surface area (TPSA) is 71.0 Å². The van der Waals surface area contributed by atoms with Gasteiger partial charge in [0.1, 0.15) is 11.0 Å². The fourth-order valence-electron chi connectivity index (χ4n) is 3.27. The molecule has 1 heterocycles. The van der Waals surface area contributed by atoms with Gasteiger partial charge in [-0.25, -0.2) is 4.99 Å². The molecular formula is C22H23N3O3S. The molecule has 1 N–H and O–H groups in total. The summed E-state index contributed by atoms with van der Waals surface area (Å²) in [5.41, 5.74) is 2.51. The number of aliphatic imine (C=N–C) groups is 1. The van der Waals surface area contributed by atoms with E-state index in [1.165, 1.54) is 11.8 Å². The van der Waals surface area contributed by atoms with Crippen LogP contribution in [0.1, 0.15) is 24.8 Å². The SMILES string of the molecule is COc1ccccc1NC(=O)C[C@H]1SC(=Nc2ccccc2C)N(C2CC2)C1=O. The Kier molecular flexibility index (Phi) is 5.58. The second kappa shape index (κ2) is 8.29. The molecular weight excluding hydrogens is 386 g/mol. The molecule has 1 aliphatic heterocycles. The smallest absolute Gasteiger partial charge is 0.242 e. The van der Waals surface area contributed by atoms with Crippen molar-refractivity contribution >= 4 is 40.1 Å². The highest BCUT2D eigenvalue weighted by Gasteiger charge is 2.46. The van der Waals surface area contributed by atoms with Gasteiger partial charge in [-0.3, -0.25) is 14.5 Å². The van der Waals surface area contributed by atoms with E-state index in [4.69, 9.17) is 9.73 Å². The van der Waals surface area contributed by atoms with Crippen molar-refractivity contribution in [3.05, 3.63) is 54.1 Å². The van der Waals surface area contributed by atoms with E-state index < -0.39 is 5.25 Å². The molecule has 0 spiro atoms. The fourth-order valence-corrected chi connectivity index (χ4v) is 4.48. The quantitative estimate of drug-likeness (QED) is 0.779. The number of amides is 2. The number of aryl methyl sites for hydroxylation is 1. The summed E-state index contributed by atoms with van der Waals surface area (Å²) in [6.45, 7) is 2.00. The van der Waals surface area contributed by atoms with Crippen molar-refractivity contribution in [2.24, 2.45) is 4.99 Å². The summed E-state index contributed by atoms with van der Waals surface area (Å²) in [5.74, 6) is 0.348. The summed E-state index contributed by atoms with van der Waals surface area (Å²) in [4.78, 5) is 32.1. The molecule has 1 saturated heterocycles. The van der Waals surface area contributed by atoms with Crippen molar-refractivity contribution in [2.45, 2.75) is 37.5 Å². The molecule has 6 nitrogen and oxygen atoms in total. The molecule has 4 rings (SSSR count). The molecule has 0 unspecified atom stereocenters. The minimum atomic E-state index is -0.465.